The zero-order chi connectivity index (χ0) is 20.6. The maximum atomic E-state index is 12.5. The Morgan fingerprint density at radius 3 is 2.62 bits per heavy atom. The monoisotopic (exact) mass is 397 g/mol. The summed E-state index contributed by atoms with van der Waals surface area (Å²) >= 11 is 0. The van der Waals surface area contributed by atoms with Gasteiger partial charge in [-0.05, 0) is 49.9 Å². The number of ether oxygens (including phenoxy) is 1. The highest BCUT2D eigenvalue weighted by atomic mass is 16.5. The molecule has 154 valence electrons. The zero-order valence-corrected chi connectivity index (χ0v) is 16.9. The molecule has 1 amide bonds. The van der Waals surface area contributed by atoms with Crippen molar-refractivity contribution in [1.82, 2.24) is 4.90 Å². The van der Waals surface area contributed by atoms with Crippen molar-refractivity contribution in [2.24, 2.45) is 0 Å². The molecule has 7 nitrogen and oxygen atoms in total. The molecule has 1 aliphatic heterocycles. The summed E-state index contributed by atoms with van der Waals surface area (Å²) in [6.07, 6.45) is 4.56. The molecule has 0 spiro atoms. The Morgan fingerprint density at radius 2 is 1.97 bits per heavy atom. The molecule has 29 heavy (non-hydrogen) atoms. The Bertz CT molecular complexity index is 853. The van der Waals surface area contributed by atoms with Crippen LogP contribution in [0.1, 0.15) is 30.0 Å². The lowest BCUT2D eigenvalue weighted by atomic mass is 10.1. The fraction of sp³-hybridized carbons (Fsp3) is 0.364. The quantitative estimate of drug-likeness (QED) is 0.571. The zero-order valence-electron chi connectivity index (χ0n) is 16.9. The summed E-state index contributed by atoms with van der Waals surface area (Å²) in [6.45, 7) is 8.88. The number of carbonyl (C=O) groups is 2. The Morgan fingerprint density at radius 1 is 1.17 bits per heavy atom. The first-order valence-corrected chi connectivity index (χ1v) is 9.91. The van der Waals surface area contributed by atoms with Gasteiger partial charge in [-0.25, -0.2) is 4.79 Å². The number of piperazine rings is 1. The molecule has 2 aromatic rings. The van der Waals surface area contributed by atoms with E-state index in [4.69, 9.17) is 9.15 Å². The van der Waals surface area contributed by atoms with Crippen molar-refractivity contribution < 1.29 is 18.7 Å². The van der Waals surface area contributed by atoms with E-state index in [1.165, 1.54) is 6.08 Å². The lowest BCUT2D eigenvalue weighted by Gasteiger charge is -2.36. The van der Waals surface area contributed by atoms with Crippen LogP contribution in [0.4, 0.5) is 11.4 Å². The first-order valence-electron chi connectivity index (χ1n) is 9.91. The Hall–Kier alpha value is -3.06. The predicted molar refractivity (Wildman–Crippen MR) is 113 cm³/mol. The number of benzene rings is 1. The minimum atomic E-state index is -0.406. The van der Waals surface area contributed by atoms with Gasteiger partial charge in [-0.2, -0.15) is 0 Å². The van der Waals surface area contributed by atoms with Gasteiger partial charge >= 0.3 is 5.97 Å². The van der Waals surface area contributed by atoms with Crippen molar-refractivity contribution in [2.75, 3.05) is 49.5 Å². The van der Waals surface area contributed by atoms with Gasteiger partial charge in [0.25, 0.3) is 0 Å². The third-order valence-corrected chi connectivity index (χ3v) is 4.87. The molecule has 2 heterocycles. The number of furan rings is 1. The van der Waals surface area contributed by atoms with Crippen LogP contribution in [0.15, 0.2) is 47.1 Å². The molecule has 1 aromatic heterocycles. The number of nitrogens with one attached hydrogen (secondary N) is 1. The van der Waals surface area contributed by atoms with Crippen LogP contribution in [0.25, 0.3) is 6.08 Å². The number of rotatable bonds is 7. The van der Waals surface area contributed by atoms with Gasteiger partial charge in [0.1, 0.15) is 5.76 Å². The van der Waals surface area contributed by atoms with E-state index in [1.54, 1.807) is 43.5 Å². The van der Waals surface area contributed by atoms with Crippen LogP contribution in [0.2, 0.25) is 0 Å². The SMILES string of the molecule is CCOC(=O)c1ccc(N2CCN(CC)CC2)c(NC(=O)C=Cc2ccco2)c1. The summed E-state index contributed by atoms with van der Waals surface area (Å²) in [6, 6.07) is 8.82. The summed E-state index contributed by atoms with van der Waals surface area (Å²) in [4.78, 5) is 29.2. The van der Waals surface area contributed by atoms with Crippen LogP contribution in [0.5, 0.6) is 0 Å². The molecule has 0 saturated carbocycles. The van der Waals surface area contributed by atoms with Crippen molar-refractivity contribution in [2.45, 2.75) is 13.8 Å². The Labute approximate surface area is 170 Å². The predicted octanol–water partition coefficient (Wildman–Crippen LogP) is 3.25. The highest BCUT2D eigenvalue weighted by Crippen LogP contribution is 2.29. The fourth-order valence-electron chi connectivity index (χ4n) is 3.28. The largest absolute Gasteiger partial charge is 0.465 e. The minimum absolute atomic E-state index is 0.296. The number of esters is 1. The fourth-order valence-corrected chi connectivity index (χ4v) is 3.28. The number of hydrogen-bond acceptors (Lipinski definition) is 6. The van der Waals surface area contributed by atoms with Crippen LogP contribution >= 0.6 is 0 Å². The molecule has 7 heteroatoms. The van der Waals surface area contributed by atoms with E-state index in [0.717, 1.165) is 38.4 Å². The Balaban J connectivity index is 1.81. The number of carbonyl (C=O) groups excluding carboxylic acids is 2. The van der Waals surface area contributed by atoms with Crippen LogP contribution in [-0.4, -0.2) is 56.1 Å². The molecule has 0 aliphatic carbocycles. The topological polar surface area (TPSA) is 75.0 Å². The van der Waals surface area contributed by atoms with Crippen LogP contribution < -0.4 is 10.2 Å². The third-order valence-electron chi connectivity index (χ3n) is 4.87. The maximum Gasteiger partial charge on any atom is 0.338 e. The molecule has 0 unspecified atom stereocenters. The molecule has 0 atom stereocenters. The highest BCUT2D eigenvalue weighted by molar-refractivity contribution is 6.04. The molecule has 1 aliphatic rings. The van der Waals surface area contributed by atoms with Crippen molar-refractivity contribution in [3.05, 3.63) is 54.0 Å². The van der Waals surface area contributed by atoms with Crippen LogP contribution in [0, 0.1) is 0 Å². The summed E-state index contributed by atoms with van der Waals surface area (Å²) in [5.74, 6) is -0.108. The third kappa shape index (κ3) is 5.48. The number of likely N-dealkylation sites (N-methyl/N-ethyl adjacent to an activating group) is 1. The van der Waals surface area contributed by atoms with E-state index >= 15 is 0 Å². The second-order valence-corrected chi connectivity index (χ2v) is 6.71. The summed E-state index contributed by atoms with van der Waals surface area (Å²) < 4.78 is 10.3. The molecule has 1 fully saturated rings. The number of nitrogens with zero attached hydrogens (tertiary/aromatic N) is 2. The van der Waals surface area contributed by atoms with Gasteiger partial charge in [0.05, 0.1) is 29.8 Å². The van der Waals surface area contributed by atoms with Crippen LogP contribution in [-0.2, 0) is 9.53 Å². The van der Waals surface area contributed by atoms with Gasteiger partial charge in [0.2, 0.25) is 5.91 Å². The van der Waals surface area contributed by atoms with E-state index in [1.807, 2.05) is 6.07 Å². The normalized spacial score (nSPS) is 14.9. The van der Waals surface area contributed by atoms with Crippen molar-refractivity contribution >= 4 is 29.3 Å². The maximum absolute atomic E-state index is 12.5. The second kappa shape index (κ2) is 9.93. The number of hydrogen-bond donors (Lipinski definition) is 1. The number of amides is 1. The smallest absolute Gasteiger partial charge is 0.338 e. The van der Waals surface area contributed by atoms with Gasteiger partial charge < -0.3 is 24.3 Å². The molecule has 1 aromatic carbocycles. The lowest BCUT2D eigenvalue weighted by Crippen LogP contribution is -2.46. The first-order chi connectivity index (χ1) is 14.1. The number of anilines is 2. The summed E-state index contributed by atoms with van der Waals surface area (Å²) in [7, 11) is 0. The molecule has 1 saturated heterocycles. The van der Waals surface area contributed by atoms with Gasteiger partial charge in [0.15, 0.2) is 0 Å². The second-order valence-electron chi connectivity index (χ2n) is 6.71. The van der Waals surface area contributed by atoms with Gasteiger partial charge in [-0.1, -0.05) is 6.92 Å². The van der Waals surface area contributed by atoms with Crippen LogP contribution in [0.3, 0.4) is 0 Å². The Kier molecular flexibility index (Phi) is 7.08. The summed E-state index contributed by atoms with van der Waals surface area (Å²) in [5, 5.41) is 2.90. The summed E-state index contributed by atoms with van der Waals surface area (Å²) in [5.41, 5.74) is 1.90. The molecular weight excluding hydrogens is 370 g/mol. The molecule has 0 radical (unpaired) electrons. The van der Waals surface area contributed by atoms with Gasteiger partial charge in [-0.15, -0.1) is 0 Å². The molecule has 0 bridgehead atoms. The van der Waals surface area contributed by atoms with E-state index in [9.17, 15) is 9.59 Å². The average Bonchev–Trinajstić information content (AvgIpc) is 3.26. The van der Waals surface area contributed by atoms with Crippen molar-refractivity contribution in [3.8, 4) is 0 Å². The first kappa shape index (κ1) is 20.7. The van der Waals surface area contributed by atoms with Crippen molar-refractivity contribution in [3.63, 3.8) is 0 Å². The van der Waals surface area contributed by atoms with E-state index < -0.39 is 5.97 Å². The van der Waals surface area contributed by atoms with E-state index in [0.29, 0.717) is 23.6 Å². The van der Waals surface area contributed by atoms with Gasteiger partial charge in [0, 0.05) is 32.3 Å². The van der Waals surface area contributed by atoms with Crippen molar-refractivity contribution in [1.29, 1.82) is 0 Å². The highest BCUT2D eigenvalue weighted by Gasteiger charge is 2.20. The van der Waals surface area contributed by atoms with E-state index in [2.05, 4.69) is 22.0 Å². The standard InChI is InChI=1S/C22H27N3O4/c1-3-24-11-13-25(14-12-24)20-9-7-17(22(27)28-4-2)16-19(20)23-21(26)10-8-18-6-5-15-29-18/h5-10,15-16H,3-4,11-14H2,1-2H3,(H,23,26). The minimum Gasteiger partial charge on any atom is -0.465 e. The molecular formula is C22H27N3O4. The molecule has 1 N–H and O–H groups in total. The van der Waals surface area contributed by atoms with Gasteiger partial charge in [-0.3, -0.25) is 4.79 Å². The average molecular weight is 397 g/mol. The van der Waals surface area contributed by atoms with E-state index in [-0.39, 0.29) is 5.91 Å². The molecule has 3 rings (SSSR count). The lowest BCUT2D eigenvalue weighted by molar-refractivity contribution is -0.111.